The van der Waals surface area contributed by atoms with E-state index in [1.807, 2.05) is 42.5 Å². The van der Waals surface area contributed by atoms with Gasteiger partial charge in [-0.2, -0.15) is 0 Å². The van der Waals surface area contributed by atoms with Crippen LogP contribution >= 0.6 is 0 Å². The molecule has 125 valence electrons. The van der Waals surface area contributed by atoms with Crippen LogP contribution in [-0.4, -0.2) is 0 Å². The molecule has 0 bridgehead atoms. The van der Waals surface area contributed by atoms with Crippen LogP contribution in [0.25, 0.3) is 0 Å². The van der Waals surface area contributed by atoms with Crippen LogP contribution in [0.5, 0.6) is 5.75 Å². The summed E-state index contributed by atoms with van der Waals surface area (Å²) in [5.74, 6) is 0.806. The number of benzene rings is 4. The van der Waals surface area contributed by atoms with E-state index in [0.29, 0.717) is 0 Å². The molecule has 1 nitrogen and oxygen atoms in total. The van der Waals surface area contributed by atoms with Gasteiger partial charge >= 0.3 is 0 Å². The first-order valence-electron chi connectivity index (χ1n) is 8.71. The van der Waals surface area contributed by atoms with Crippen molar-refractivity contribution in [1.29, 1.82) is 0 Å². The minimum absolute atomic E-state index is 0.731. The molecule has 4 rings (SSSR count). The van der Waals surface area contributed by atoms with Gasteiger partial charge in [0.25, 0.3) is 0 Å². The van der Waals surface area contributed by atoms with Crippen LogP contribution < -0.4 is 4.74 Å². The maximum atomic E-state index is 6.74. The molecule has 4 aromatic carbocycles. The van der Waals surface area contributed by atoms with E-state index >= 15 is 0 Å². The predicted octanol–water partition coefficient (Wildman–Crippen LogP) is 5.86. The fourth-order valence-corrected chi connectivity index (χ4v) is 3.31. The summed E-state index contributed by atoms with van der Waals surface area (Å²) in [6, 6.07) is 41.8. The molecule has 0 fully saturated rings. The minimum atomic E-state index is -0.731. The summed E-state index contributed by atoms with van der Waals surface area (Å²) in [5, 5.41) is 0. The second-order valence-corrected chi connectivity index (χ2v) is 6.12. The monoisotopic (exact) mass is 335 g/mol. The molecule has 26 heavy (non-hydrogen) atoms. The lowest BCUT2D eigenvalue weighted by atomic mass is 9.80. The molecule has 0 saturated heterocycles. The molecule has 0 spiro atoms. The molecule has 0 atom stereocenters. The summed E-state index contributed by atoms with van der Waals surface area (Å²) in [4.78, 5) is 0. The van der Waals surface area contributed by atoms with Gasteiger partial charge in [0.1, 0.15) is 5.75 Å². The maximum absolute atomic E-state index is 6.74. The molecule has 0 heterocycles. The first-order chi connectivity index (χ1) is 12.9. The van der Waals surface area contributed by atoms with Crippen LogP contribution in [-0.2, 0) is 5.60 Å². The van der Waals surface area contributed by atoms with E-state index in [9.17, 15) is 0 Å². The van der Waals surface area contributed by atoms with Crippen molar-refractivity contribution in [1.82, 2.24) is 0 Å². The van der Waals surface area contributed by atoms with Gasteiger partial charge in [-0.3, -0.25) is 0 Å². The Balaban J connectivity index is 2.00. The number of hydrogen-bond acceptors (Lipinski definition) is 1. The van der Waals surface area contributed by atoms with Crippen molar-refractivity contribution in [2.24, 2.45) is 0 Å². The van der Waals surface area contributed by atoms with Crippen molar-refractivity contribution >= 4 is 0 Å². The Morgan fingerprint density at radius 2 is 0.885 bits per heavy atom. The van der Waals surface area contributed by atoms with Crippen molar-refractivity contribution in [2.45, 2.75) is 5.60 Å². The number of hydrogen-bond donors (Lipinski definition) is 0. The zero-order valence-electron chi connectivity index (χ0n) is 14.4. The maximum Gasteiger partial charge on any atom is 0.184 e. The van der Waals surface area contributed by atoms with Crippen molar-refractivity contribution in [3.05, 3.63) is 138 Å². The first-order valence-corrected chi connectivity index (χ1v) is 8.71. The Labute approximate surface area is 154 Å². The van der Waals surface area contributed by atoms with Crippen LogP contribution in [0.1, 0.15) is 16.7 Å². The average molecular weight is 335 g/mol. The zero-order chi connectivity index (χ0) is 17.7. The van der Waals surface area contributed by atoms with E-state index in [1.165, 1.54) is 0 Å². The normalized spacial score (nSPS) is 11.1. The van der Waals surface area contributed by atoms with Gasteiger partial charge in [0.05, 0.1) is 0 Å². The molecule has 0 amide bonds. The van der Waals surface area contributed by atoms with Gasteiger partial charge in [-0.1, -0.05) is 103 Å². The highest BCUT2D eigenvalue weighted by atomic mass is 16.5. The molecule has 0 aromatic heterocycles. The second-order valence-electron chi connectivity index (χ2n) is 6.12. The smallest absolute Gasteiger partial charge is 0.184 e. The quantitative estimate of drug-likeness (QED) is 0.415. The first kappa shape index (κ1) is 16.2. The molecule has 1 radical (unpaired) electrons. The van der Waals surface area contributed by atoms with Crippen LogP contribution in [0.3, 0.4) is 0 Å². The van der Waals surface area contributed by atoms with Gasteiger partial charge in [0, 0.05) is 16.7 Å². The Morgan fingerprint density at radius 1 is 0.500 bits per heavy atom. The molecule has 0 saturated carbocycles. The van der Waals surface area contributed by atoms with Crippen molar-refractivity contribution in [3.8, 4) is 5.75 Å². The summed E-state index contributed by atoms with van der Waals surface area (Å²) in [7, 11) is 0. The fraction of sp³-hybridized carbons (Fsp3) is 0.0400. The van der Waals surface area contributed by atoms with Crippen LogP contribution in [0.2, 0.25) is 0 Å². The molecule has 0 aliphatic rings. The topological polar surface area (TPSA) is 9.23 Å². The minimum Gasteiger partial charge on any atom is -0.473 e. The fourth-order valence-electron chi connectivity index (χ4n) is 3.31. The van der Waals surface area contributed by atoms with Crippen LogP contribution in [0.15, 0.2) is 115 Å². The Morgan fingerprint density at radius 3 is 1.27 bits per heavy atom. The number of ether oxygens (including phenoxy) is 1. The highest BCUT2D eigenvalue weighted by molar-refractivity contribution is 5.49. The summed E-state index contributed by atoms with van der Waals surface area (Å²) in [5.41, 5.74) is 2.53. The highest BCUT2D eigenvalue weighted by Gasteiger charge is 2.38. The molecule has 0 aliphatic heterocycles. The zero-order valence-corrected chi connectivity index (χ0v) is 14.4. The SMILES string of the molecule is [c]1ccc(OC(c2ccccc2)(c2ccccc2)c2ccccc2)cc1. The van der Waals surface area contributed by atoms with Gasteiger partial charge in [-0.05, 0) is 18.2 Å². The van der Waals surface area contributed by atoms with E-state index < -0.39 is 5.60 Å². The largest absolute Gasteiger partial charge is 0.473 e. The third-order valence-electron chi connectivity index (χ3n) is 4.50. The Kier molecular flexibility index (Phi) is 4.53. The standard InChI is InChI=1S/C25H19O/c1-5-13-21(14-6-1)25(22-15-7-2-8-16-22,23-17-9-3-10-18-23)26-24-19-11-4-12-20-24/h1-3,5-20H. The number of rotatable bonds is 5. The van der Waals surface area contributed by atoms with E-state index in [2.05, 4.69) is 78.9 Å². The van der Waals surface area contributed by atoms with Gasteiger partial charge in [0.2, 0.25) is 0 Å². The third-order valence-corrected chi connectivity index (χ3v) is 4.50. The van der Waals surface area contributed by atoms with E-state index in [4.69, 9.17) is 4.74 Å². The lowest BCUT2D eigenvalue weighted by Crippen LogP contribution is -2.36. The lowest BCUT2D eigenvalue weighted by molar-refractivity contribution is 0.155. The Bertz CT molecular complexity index is 836. The Hall–Kier alpha value is -3.32. The summed E-state index contributed by atoms with van der Waals surface area (Å²) in [6.45, 7) is 0. The molecule has 0 unspecified atom stereocenters. The summed E-state index contributed by atoms with van der Waals surface area (Å²) < 4.78 is 6.74. The van der Waals surface area contributed by atoms with Crippen molar-refractivity contribution < 1.29 is 4.74 Å². The van der Waals surface area contributed by atoms with E-state index in [0.717, 1.165) is 22.4 Å². The summed E-state index contributed by atoms with van der Waals surface area (Å²) in [6.07, 6.45) is 0. The molecular formula is C25H19O. The van der Waals surface area contributed by atoms with Crippen LogP contribution in [0, 0.1) is 6.07 Å². The predicted molar refractivity (Wildman–Crippen MR) is 105 cm³/mol. The van der Waals surface area contributed by atoms with Gasteiger partial charge in [-0.15, -0.1) is 0 Å². The molecule has 4 aromatic rings. The van der Waals surface area contributed by atoms with Gasteiger partial charge in [0.15, 0.2) is 5.60 Å². The van der Waals surface area contributed by atoms with E-state index in [1.54, 1.807) is 0 Å². The summed E-state index contributed by atoms with van der Waals surface area (Å²) >= 11 is 0. The third kappa shape index (κ3) is 3.00. The lowest BCUT2D eigenvalue weighted by Gasteiger charge is -2.36. The molecule has 0 N–H and O–H groups in total. The molecule has 1 heteroatoms. The average Bonchev–Trinajstić information content (AvgIpc) is 2.75. The molecular weight excluding hydrogens is 316 g/mol. The van der Waals surface area contributed by atoms with Crippen molar-refractivity contribution in [3.63, 3.8) is 0 Å². The molecule has 0 aliphatic carbocycles. The highest BCUT2D eigenvalue weighted by Crippen LogP contribution is 2.40. The van der Waals surface area contributed by atoms with E-state index in [-0.39, 0.29) is 0 Å². The van der Waals surface area contributed by atoms with Gasteiger partial charge < -0.3 is 4.74 Å². The van der Waals surface area contributed by atoms with Crippen LogP contribution in [0.4, 0.5) is 0 Å². The van der Waals surface area contributed by atoms with Crippen molar-refractivity contribution in [2.75, 3.05) is 0 Å². The van der Waals surface area contributed by atoms with Gasteiger partial charge in [-0.25, -0.2) is 0 Å². The second kappa shape index (κ2) is 7.28.